The molecule has 1 saturated heterocycles. The smallest absolute Gasteiger partial charge is 0.191 e. The van der Waals surface area contributed by atoms with E-state index in [1.54, 1.807) is 6.07 Å². The molecule has 0 radical (unpaired) electrons. The molecule has 0 spiro atoms. The molecular formula is C20H33FN4O. The standard InChI is InChI=1S/C20H33FN4O/c1-5-22-20(24-15(4)14(2)3)23-13-16-6-7-19(18(21)12-16)25-10-8-17(26)9-11-25/h6-7,12,14-15,17,26H,5,8-11,13H2,1-4H3,(H2,22,23,24). The fourth-order valence-corrected chi connectivity index (χ4v) is 2.88. The zero-order valence-electron chi connectivity index (χ0n) is 16.4. The number of guanidine groups is 1. The first kappa shape index (κ1) is 20.5. The van der Waals surface area contributed by atoms with Crippen molar-refractivity contribution in [3.8, 4) is 0 Å². The molecule has 1 aliphatic heterocycles. The van der Waals surface area contributed by atoms with Crippen molar-refractivity contribution in [3.05, 3.63) is 29.6 Å². The third-order valence-corrected chi connectivity index (χ3v) is 4.95. The molecule has 0 saturated carbocycles. The van der Waals surface area contributed by atoms with E-state index < -0.39 is 0 Å². The van der Waals surface area contributed by atoms with Crippen molar-refractivity contribution in [2.45, 2.75) is 59.2 Å². The van der Waals surface area contributed by atoms with Crippen LogP contribution in [0.5, 0.6) is 0 Å². The quantitative estimate of drug-likeness (QED) is 0.537. The van der Waals surface area contributed by atoms with Crippen molar-refractivity contribution in [2.75, 3.05) is 24.5 Å². The first-order valence-corrected chi connectivity index (χ1v) is 9.67. The SMILES string of the molecule is CCNC(=NCc1ccc(N2CCC(O)CC2)c(F)c1)NC(C)C(C)C. The van der Waals surface area contributed by atoms with Crippen molar-refractivity contribution in [1.29, 1.82) is 0 Å². The molecule has 1 fully saturated rings. The van der Waals surface area contributed by atoms with Crippen molar-refractivity contribution in [1.82, 2.24) is 10.6 Å². The average molecular weight is 365 g/mol. The molecule has 2 rings (SSSR count). The fraction of sp³-hybridized carbons (Fsp3) is 0.650. The van der Waals surface area contributed by atoms with Crippen molar-refractivity contribution < 1.29 is 9.50 Å². The molecule has 1 heterocycles. The number of rotatable bonds is 6. The second kappa shape index (κ2) is 9.76. The lowest BCUT2D eigenvalue weighted by molar-refractivity contribution is 0.145. The summed E-state index contributed by atoms with van der Waals surface area (Å²) in [6.45, 7) is 11.1. The number of aliphatic hydroxyl groups is 1. The highest BCUT2D eigenvalue weighted by Crippen LogP contribution is 2.24. The minimum Gasteiger partial charge on any atom is -0.393 e. The predicted molar refractivity (Wildman–Crippen MR) is 106 cm³/mol. The highest BCUT2D eigenvalue weighted by molar-refractivity contribution is 5.80. The summed E-state index contributed by atoms with van der Waals surface area (Å²) in [7, 11) is 0. The van der Waals surface area contributed by atoms with Crippen molar-refractivity contribution in [3.63, 3.8) is 0 Å². The topological polar surface area (TPSA) is 59.9 Å². The van der Waals surface area contributed by atoms with Crippen LogP contribution in [0.3, 0.4) is 0 Å². The second-order valence-corrected chi connectivity index (χ2v) is 7.38. The van der Waals surface area contributed by atoms with E-state index in [1.807, 2.05) is 24.0 Å². The van der Waals surface area contributed by atoms with Gasteiger partial charge in [-0.3, -0.25) is 0 Å². The third-order valence-electron chi connectivity index (χ3n) is 4.95. The largest absolute Gasteiger partial charge is 0.393 e. The number of nitrogens with zero attached hydrogens (tertiary/aromatic N) is 2. The third kappa shape index (κ3) is 5.87. The number of hydrogen-bond donors (Lipinski definition) is 3. The second-order valence-electron chi connectivity index (χ2n) is 7.38. The van der Waals surface area contributed by atoms with Gasteiger partial charge in [-0.15, -0.1) is 0 Å². The molecule has 1 atom stereocenters. The summed E-state index contributed by atoms with van der Waals surface area (Å²) in [5.41, 5.74) is 1.46. The Morgan fingerprint density at radius 3 is 2.58 bits per heavy atom. The predicted octanol–water partition coefficient (Wildman–Crippen LogP) is 2.89. The first-order chi connectivity index (χ1) is 12.4. The molecule has 6 heteroatoms. The first-order valence-electron chi connectivity index (χ1n) is 9.67. The van der Waals surface area contributed by atoms with Crippen LogP contribution >= 0.6 is 0 Å². The van der Waals surface area contributed by atoms with Crippen LogP contribution in [0.2, 0.25) is 0 Å². The lowest BCUT2D eigenvalue weighted by Gasteiger charge is -2.31. The number of anilines is 1. The van der Waals surface area contributed by atoms with Gasteiger partial charge in [-0.05, 0) is 50.3 Å². The number of benzene rings is 1. The van der Waals surface area contributed by atoms with Gasteiger partial charge in [0, 0.05) is 25.7 Å². The van der Waals surface area contributed by atoms with E-state index in [2.05, 4.69) is 36.4 Å². The Balaban J connectivity index is 2.03. The van der Waals surface area contributed by atoms with Gasteiger partial charge in [-0.25, -0.2) is 9.38 Å². The molecule has 0 aromatic heterocycles. The fourth-order valence-electron chi connectivity index (χ4n) is 2.88. The maximum Gasteiger partial charge on any atom is 0.191 e. The van der Waals surface area contributed by atoms with Gasteiger partial charge in [-0.1, -0.05) is 19.9 Å². The van der Waals surface area contributed by atoms with E-state index in [9.17, 15) is 9.50 Å². The molecule has 146 valence electrons. The molecule has 1 aliphatic rings. The molecule has 3 N–H and O–H groups in total. The monoisotopic (exact) mass is 364 g/mol. The summed E-state index contributed by atoms with van der Waals surface area (Å²) in [6, 6.07) is 5.64. The number of aliphatic imine (C=N–C) groups is 1. The van der Waals surface area contributed by atoms with Crippen LogP contribution in [0.1, 0.15) is 46.1 Å². The van der Waals surface area contributed by atoms with Crippen LogP contribution in [0.25, 0.3) is 0 Å². The van der Waals surface area contributed by atoms with Crippen molar-refractivity contribution >= 4 is 11.6 Å². The van der Waals surface area contributed by atoms with Crippen LogP contribution < -0.4 is 15.5 Å². The highest BCUT2D eigenvalue weighted by Gasteiger charge is 2.19. The number of halogens is 1. The molecule has 0 bridgehead atoms. The van der Waals surface area contributed by atoms with Gasteiger partial charge in [0.1, 0.15) is 5.82 Å². The minimum absolute atomic E-state index is 0.220. The summed E-state index contributed by atoms with van der Waals surface area (Å²) < 4.78 is 14.5. The molecule has 1 aromatic rings. The Hall–Kier alpha value is -1.82. The van der Waals surface area contributed by atoms with Gasteiger partial charge in [0.2, 0.25) is 0 Å². The highest BCUT2D eigenvalue weighted by atomic mass is 19.1. The Bertz CT molecular complexity index is 597. The number of hydrogen-bond acceptors (Lipinski definition) is 3. The summed E-state index contributed by atoms with van der Waals surface area (Å²) in [5, 5.41) is 16.2. The van der Waals surface area contributed by atoms with Crippen LogP contribution in [-0.4, -0.2) is 42.8 Å². The molecular weight excluding hydrogens is 331 g/mol. The zero-order valence-corrected chi connectivity index (χ0v) is 16.4. The van der Waals surface area contributed by atoms with E-state index in [4.69, 9.17) is 0 Å². The van der Waals surface area contributed by atoms with E-state index in [1.165, 1.54) is 0 Å². The number of piperidine rings is 1. The summed E-state index contributed by atoms with van der Waals surface area (Å²) in [6.07, 6.45) is 1.13. The van der Waals surface area contributed by atoms with Crippen molar-refractivity contribution in [2.24, 2.45) is 10.9 Å². The Labute approximate surface area is 156 Å². The van der Waals surface area contributed by atoms with Gasteiger partial charge >= 0.3 is 0 Å². The van der Waals surface area contributed by atoms with E-state index in [0.29, 0.717) is 50.1 Å². The lowest BCUT2D eigenvalue weighted by Crippen LogP contribution is -2.44. The normalized spacial score (nSPS) is 17.5. The Morgan fingerprint density at radius 1 is 1.31 bits per heavy atom. The maximum absolute atomic E-state index is 14.5. The van der Waals surface area contributed by atoms with Gasteiger partial charge in [0.25, 0.3) is 0 Å². The molecule has 0 aliphatic carbocycles. The summed E-state index contributed by atoms with van der Waals surface area (Å²) in [4.78, 5) is 6.59. The Morgan fingerprint density at radius 2 is 2.00 bits per heavy atom. The van der Waals surface area contributed by atoms with Crippen LogP contribution in [0.4, 0.5) is 10.1 Å². The lowest BCUT2D eigenvalue weighted by atomic mass is 10.1. The van der Waals surface area contributed by atoms with E-state index in [0.717, 1.165) is 18.1 Å². The van der Waals surface area contributed by atoms with Gasteiger partial charge in [0.05, 0.1) is 18.3 Å². The molecule has 0 amide bonds. The van der Waals surface area contributed by atoms with Crippen LogP contribution in [-0.2, 0) is 6.54 Å². The summed E-state index contributed by atoms with van der Waals surface area (Å²) >= 11 is 0. The van der Waals surface area contributed by atoms with E-state index >= 15 is 0 Å². The number of aliphatic hydroxyl groups excluding tert-OH is 1. The maximum atomic E-state index is 14.5. The van der Waals surface area contributed by atoms with Crippen LogP contribution in [0, 0.1) is 11.7 Å². The van der Waals surface area contributed by atoms with Gasteiger partial charge in [-0.2, -0.15) is 0 Å². The molecule has 26 heavy (non-hydrogen) atoms. The number of nitrogens with one attached hydrogen (secondary N) is 2. The molecule has 1 aromatic carbocycles. The average Bonchev–Trinajstić information content (AvgIpc) is 2.61. The minimum atomic E-state index is -0.256. The van der Waals surface area contributed by atoms with Gasteiger partial charge in [0.15, 0.2) is 5.96 Å². The molecule has 1 unspecified atom stereocenters. The summed E-state index contributed by atoms with van der Waals surface area (Å²) in [5.74, 6) is 1.03. The Kier molecular flexibility index (Phi) is 7.69. The molecule has 5 nitrogen and oxygen atoms in total. The van der Waals surface area contributed by atoms with Gasteiger partial charge < -0.3 is 20.6 Å². The zero-order chi connectivity index (χ0) is 19.1. The van der Waals surface area contributed by atoms with E-state index in [-0.39, 0.29) is 11.9 Å². The van der Waals surface area contributed by atoms with Crippen LogP contribution in [0.15, 0.2) is 23.2 Å².